The summed E-state index contributed by atoms with van der Waals surface area (Å²) in [6, 6.07) is 30.9. The van der Waals surface area contributed by atoms with Crippen molar-refractivity contribution in [2.75, 3.05) is 5.32 Å². The normalized spacial score (nSPS) is 10.3. The lowest BCUT2D eigenvalue weighted by molar-refractivity contribution is 0.0951. The van der Waals surface area contributed by atoms with Crippen molar-refractivity contribution >= 4 is 17.4 Å². The molecule has 0 saturated carbocycles. The number of anilines is 2. The summed E-state index contributed by atoms with van der Waals surface area (Å²) in [5, 5.41) is 6.17. The maximum atomic E-state index is 12.7. The number of aromatic nitrogens is 1. The molecule has 0 fully saturated rings. The molecular formula is C26H23N3O2. The van der Waals surface area contributed by atoms with Gasteiger partial charge in [0, 0.05) is 18.4 Å². The number of carbonyl (C=O) groups is 1. The molecule has 4 aromatic rings. The van der Waals surface area contributed by atoms with Crippen LogP contribution in [0.2, 0.25) is 0 Å². The van der Waals surface area contributed by atoms with E-state index in [1.165, 1.54) is 0 Å². The lowest BCUT2D eigenvalue weighted by Crippen LogP contribution is -2.24. The van der Waals surface area contributed by atoms with Gasteiger partial charge in [-0.2, -0.15) is 0 Å². The lowest BCUT2D eigenvalue weighted by atomic mass is 10.2. The number of nitrogens with one attached hydrogen (secondary N) is 2. The molecule has 1 aromatic heterocycles. The number of hydrogen-bond donors (Lipinski definition) is 2. The van der Waals surface area contributed by atoms with Gasteiger partial charge in [-0.25, -0.2) is 4.98 Å². The molecular weight excluding hydrogens is 386 g/mol. The van der Waals surface area contributed by atoms with Gasteiger partial charge in [0.25, 0.3) is 5.91 Å². The summed E-state index contributed by atoms with van der Waals surface area (Å²) in [5.74, 6) is 1.10. The Morgan fingerprint density at radius 1 is 0.774 bits per heavy atom. The van der Waals surface area contributed by atoms with E-state index in [9.17, 15) is 4.79 Å². The molecule has 0 radical (unpaired) electrons. The van der Waals surface area contributed by atoms with E-state index in [1.807, 2.05) is 84.9 Å². The quantitative estimate of drug-likeness (QED) is 0.413. The first-order valence-corrected chi connectivity index (χ1v) is 10.1. The maximum Gasteiger partial charge on any atom is 0.255 e. The topological polar surface area (TPSA) is 63.2 Å². The monoisotopic (exact) mass is 409 g/mol. The second kappa shape index (κ2) is 10.1. The Bertz CT molecular complexity index is 1110. The van der Waals surface area contributed by atoms with Gasteiger partial charge < -0.3 is 15.4 Å². The van der Waals surface area contributed by atoms with Crippen LogP contribution in [0.1, 0.15) is 21.5 Å². The Hall–Kier alpha value is -4.12. The number of benzene rings is 3. The zero-order chi connectivity index (χ0) is 21.3. The smallest absolute Gasteiger partial charge is 0.255 e. The Labute approximate surface area is 181 Å². The molecule has 31 heavy (non-hydrogen) atoms. The van der Waals surface area contributed by atoms with Crippen molar-refractivity contribution < 1.29 is 9.53 Å². The van der Waals surface area contributed by atoms with Crippen LogP contribution in [-0.2, 0) is 13.2 Å². The van der Waals surface area contributed by atoms with Crippen molar-refractivity contribution in [3.8, 4) is 5.75 Å². The van der Waals surface area contributed by atoms with Crippen LogP contribution in [-0.4, -0.2) is 10.9 Å². The van der Waals surface area contributed by atoms with E-state index < -0.39 is 0 Å². The van der Waals surface area contributed by atoms with Gasteiger partial charge in [-0.05, 0) is 47.5 Å². The predicted molar refractivity (Wildman–Crippen MR) is 122 cm³/mol. The third-order valence-electron chi connectivity index (χ3n) is 4.71. The average molecular weight is 409 g/mol. The average Bonchev–Trinajstić information content (AvgIpc) is 2.84. The van der Waals surface area contributed by atoms with Crippen LogP contribution >= 0.6 is 0 Å². The largest absolute Gasteiger partial charge is 0.489 e. The maximum absolute atomic E-state index is 12.7. The van der Waals surface area contributed by atoms with E-state index in [2.05, 4.69) is 15.6 Å². The molecule has 154 valence electrons. The van der Waals surface area contributed by atoms with Gasteiger partial charge >= 0.3 is 0 Å². The molecule has 0 aliphatic rings. The minimum absolute atomic E-state index is 0.178. The highest BCUT2D eigenvalue weighted by Gasteiger charge is 2.12. The summed E-state index contributed by atoms with van der Waals surface area (Å²) < 4.78 is 5.83. The minimum Gasteiger partial charge on any atom is -0.489 e. The zero-order valence-electron chi connectivity index (χ0n) is 17.0. The molecule has 2 N–H and O–H groups in total. The fourth-order valence-electron chi connectivity index (χ4n) is 3.07. The number of hydrogen-bond acceptors (Lipinski definition) is 4. The lowest BCUT2D eigenvalue weighted by Gasteiger charge is -2.12. The minimum atomic E-state index is -0.178. The molecule has 0 saturated heterocycles. The highest BCUT2D eigenvalue weighted by Crippen LogP contribution is 2.22. The first-order valence-electron chi connectivity index (χ1n) is 10.1. The van der Waals surface area contributed by atoms with E-state index in [0.717, 1.165) is 22.6 Å². The first-order chi connectivity index (χ1) is 15.3. The Kier molecular flexibility index (Phi) is 6.55. The van der Waals surface area contributed by atoms with Crippen molar-refractivity contribution in [1.82, 2.24) is 10.3 Å². The SMILES string of the molecule is O=C(NCc1ccccc1)c1cccnc1Nc1ccc(OCc2ccccc2)cc1. The molecule has 5 heteroatoms. The molecule has 4 rings (SSSR count). The standard InChI is InChI=1S/C26H23N3O2/c30-26(28-18-20-8-3-1-4-9-20)24-12-7-17-27-25(24)29-22-13-15-23(16-14-22)31-19-21-10-5-2-6-11-21/h1-17H,18-19H2,(H,27,29)(H,28,30). The molecule has 0 unspecified atom stereocenters. The van der Waals surface area contributed by atoms with Crippen molar-refractivity contribution in [3.05, 3.63) is 120 Å². The van der Waals surface area contributed by atoms with E-state index in [1.54, 1.807) is 18.3 Å². The third kappa shape index (κ3) is 5.70. The summed E-state index contributed by atoms with van der Waals surface area (Å²) in [4.78, 5) is 17.0. The summed E-state index contributed by atoms with van der Waals surface area (Å²) in [5.41, 5.74) is 3.47. The fourth-order valence-corrected chi connectivity index (χ4v) is 3.07. The molecule has 0 atom stereocenters. The highest BCUT2D eigenvalue weighted by atomic mass is 16.5. The molecule has 0 aliphatic heterocycles. The number of nitrogens with zero attached hydrogens (tertiary/aromatic N) is 1. The van der Waals surface area contributed by atoms with Crippen LogP contribution < -0.4 is 15.4 Å². The van der Waals surface area contributed by atoms with Crippen molar-refractivity contribution in [2.24, 2.45) is 0 Å². The van der Waals surface area contributed by atoms with Gasteiger partial charge in [0.1, 0.15) is 18.2 Å². The molecule has 0 spiro atoms. The van der Waals surface area contributed by atoms with E-state index in [0.29, 0.717) is 24.5 Å². The Morgan fingerprint density at radius 3 is 2.16 bits per heavy atom. The van der Waals surface area contributed by atoms with Gasteiger partial charge in [0.2, 0.25) is 0 Å². The summed E-state index contributed by atoms with van der Waals surface area (Å²) >= 11 is 0. The number of ether oxygens (including phenoxy) is 1. The number of amides is 1. The third-order valence-corrected chi connectivity index (χ3v) is 4.71. The summed E-state index contributed by atoms with van der Waals surface area (Å²) in [6.07, 6.45) is 1.66. The van der Waals surface area contributed by atoms with Crippen molar-refractivity contribution in [1.29, 1.82) is 0 Å². The van der Waals surface area contributed by atoms with Crippen LogP contribution in [0.4, 0.5) is 11.5 Å². The summed E-state index contributed by atoms with van der Waals surface area (Å²) in [7, 11) is 0. The second-order valence-corrected chi connectivity index (χ2v) is 6.99. The van der Waals surface area contributed by atoms with Gasteiger partial charge in [0.05, 0.1) is 5.56 Å². The van der Waals surface area contributed by atoms with Crippen molar-refractivity contribution in [2.45, 2.75) is 13.2 Å². The predicted octanol–water partition coefficient (Wildman–Crippen LogP) is 5.33. The molecule has 0 bridgehead atoms. The Morgan fingerprint density at radius 2 is 1.45 bits per heavy atom. The van der Waals surface area contributed by atoms with Crippen LogP contribution in [0, 0.1) is 0 Å². The number of rotatable bonds is 8. The van der Waals surface area contributed by atoms with Crippen molar-refractivity contribution in [3.63, 3.8) is 0 Å². The van der Waals surface area contributed by atoms with E-state index in [4.69, 9.17) is 4.74 Å². The molecule has 1 heterocycles. The van der Waals surface area contributed by atoms with Crippen LogP contribution in [0.15, 0.2) is 103 Å². The number of pyridine rings is 1. The zero-order valence-corrected chi connectivity index (χ0v) is 17.0. The molecule has 1 amide bonds. The Balaban J connectivity index is 1.38. The van der Waals surface area contributed by atoms with Crippen LogP contribution in [0.5, 0.6) is 5.75 Å². The molecule has 3 aromatic carbocycles. The van der Waals surface area contributed by atoms with Gasteiger partial charge in [-0.15, -0.1) is 0 Å². The van der Waals surface area contributed by atoms with E-state index >= 15 is 0 Å². The van der Waals surface area contributed by atoms with Gasteiger partial charge in [-0.1, -0.05) is 60.7 Å². The molecule has 0 aliphatic carbocycles. The number of carbonyl (C=O) groups excluding carboxylic acids is 1. The summed E-state index contributed by atoms with van der Waals surface area (Å²) in [6.45, 7) is 0.973. The molecule has 5 nitrogen and oxygen atoms in total. The second-order valence-electron chi connectivity index (χ2n) is 6.99. The van der Waals surface area contributed by atoms with Gasteiger partial charge in [-0.3, -0.25) is 4.79 Å². The van der Waals surface area contributed by atoms with E-state index in [-0.39, 0.29) is 5.91 Å². The van der Waals surface area contributed by atoms with Crippen LogP contribution in [0.3, 0.4) is 0 Å². The fraction of sp³-hybridized carbons (Fsp3) is 0.0769. The first kappa shape index (κ1) is 20.2. The van der Waals surface area contributed by atoms with Gasteiger partial charge in [0.15, 0.2) is 0 Å². The highest BCUT2D eigenvalue weighted by molar-refractivity contribution is 5.99. The van der Waals surface area contributed by atoms with Crippen LogP contribution in [0.25, 0.3) is 0 Å².